The molecule has 1 atom stereocenters. The molecule has 0 aromatic carbocycles. The fourth-order valence-corrected chi connectivity index (χ4v) is 5.77. The van der Waals surface area contributed by atoms with Gasteiger partial charge in [-0.3, -0.25) is 4.79 Å². The van der Waals surface area contributed by atoms with Crippen LogP contribution in [-0.4, -0.2) is 44.8 Å². The third-order valence-electron chi connectivity index (χ3n) is 4.10. The Morgan fingerprint density at radius 3 is 2.76 bits per heavy atom. The van der Waals surface area contributed by atoms with E-state index in [4.69, 9.17) is 5.73 Å². The maximum Gasteiger partial charge on any atom is 0.252 e. The summed E-state index contributed by atoms with van der Waals surface area (Å²) in [6, 6.07) is 3.50. The minimum absolute atomic E-state index is 0. The molecule has 0 saturated carbocycles. The van der Waals surface area contributed by atoms with Crippen LogP contribution in [0.4, 0.5) is 0 Å². The van der Waals surface area contributed by atoms with E-state index in [1.807, 2.05) is 19.9 Å². The molecule has 2 rings (SSSR count). The van der Waals surface area contributed by atoms with Crippen LogP contribution < -0.4 is 11.1 Å². The van der Waals surface area contributed by atoms with Gasteiger partial charge in [-0.25, -0.2) is 8.42 Å². The number of carbonyl (C=O) groups is 1. The van der Waals surface area contributed by atoms with Gasteiger partial charge in [-0.05, 0) is 43.4 Å². The van der Waals surface area contributed by atoms with Crippen LogP contribution in [0.5, 0.6) is 0 Å². The molecule has 1 unspecified atom stereocenters. The molecular weight excluding hydrogens is 382 g/mol. The number of halogens is 1. The van der Waals surface area contributed by atoms with Crippen molar-refractivity contribution >= 4 is 39.7 Å². The van der Waals surface area contributed by atoms with Crippen LogP contribution in [0.3, 0.4) is 0 Å². The number of nitrogens with zero attached hydrogens (tertiary/aromatic N) is 1. The SMILES string of the molecule is CC(C)CC(=O)NCCc1ccc(S(=O)(=O)N2CCC(CN)C2)s1.Cl. The summed E-state index contributed by atoms with van der Waals surface area (Å²) < 4.78 is 27.2. The van der Waals surface area contributed by atoms with Crippen LogP contribution in [0.2, 0.25) is 0 Å². The van der Waals surface area contributed by atoms with Gasteiger partial charge in [-0.1, -0.05) is 13.8 Å². The molecule has 9 heteroatoms. The van der Waals surface area contributed by atoms with Crippen molar-refractivity contribution in [3.63, 3.8) is 0 Å². The van der Waals surface area contributed by atoms with E-state index in [1.54, 1.807) is 6.07 Å². The van der Waals surface area contributed by atoms with Gasteiger partial charge in [0.15, 0.2) is 0 Å². The molecule has 144 valence electrons. The number of sulfonamides is 1. The Bertz CT molecular complexity index is 661. The number of hydrogen-bond acceptors (Lipinski definition) is 5. The molecule has 0 bridgehead atoms. The van der Waals surface area contributed by atoms with Crippen LogP contribution in [0.25, 0.3) is 0 Å². The Morgan fingerprint density at radius 2 is 2.16 bits per heavy atom. The molecular formula is C16H28ClN3O3S2. The molecule has 1 aromatic heterocycles. The number of rotatable bonds is 8. The van der Waals surface area contributed by atoms with E-state index in [1.165, 1.54) is 15.6 Å². The molecule has 2 heterocycles. The molecule has 25 heavy (non-hydrogen) atoms. The number of hydrogen-bond donors (Lipinski definition) is 2. The molecule has 1 aliphatic rings. The first-order valence-corrected chi connectivity index (χ1v) is 10.6. The lowest BCUT2D eigenvalue weighted by Gasteiger charge is -2.14. The fourth-order valence-electron chi connectivity index (χ4n) is 2.73. The largest absolute Gasteiger partial charge is 0.356 e. The average Bonchev–Trinajstić information content (AvgIpc) is 3.16. The van der Waals surface area contributed by atoms with Crippen molar-refractivity contribution in [3.8, 4) is 0 Å². The zero-order valence-corrected chi connectivity index (χ0v) is 17.2. The lowest BCUT2D eigenvalue weighted by atomic mass is 10.1. The fraction of sp³-hybridized carbons (Fsp3) is 0.688. The van der Waals surface area contributed by atoms with Gasteiger partial charge < -0.3 is 11.1 Å². The van der Waals surface area contributed by atoms with E-state index in [0.717, 1.165) is 11.3 Å². The minimum Gasteiger partial charge on any atom is -0.356 e. The monoisotopic (exact) mass is 409 g/mol. The molecule has 3 N–H and O–H groups in total. The topological polar surface area (TPSA) is 92.5 Å². The quantitative estimate of drug-likeness (QED) is 0.685. The third kappa shape index (κ3) is 6.21. The summed E-state index contributed by atoms with van der Waals surface area (Å²) in [6.45, 7) is 6.12. The highest BCUT2D eigenvalue weighted by atomic mass is 35.5. The standard InChI is InChI=1S/C16H27N3O3S2.ClH/c1-12(2)9-15(20)18-7-5-14-3-4-16(23-14)24(21,22)19-8-6-13(10-17)11-19;/h3-4,12-13H,5-11,17H2,1-2H3,(H,18,20);1H. The van der Waals surface area contributed by atoms with Gasteiger partial charge in [0.25, 0.3) is 10.0 Å². The summed E-state index contributed by atoms with van der Waals surface area (Å²) in [7, 11) is -3.41. The smallest absolute Gasteiger partial charge is 0.252 e. The van der Waals surface area contributed by atoms with E-state index in [2.05, 4.69) is 5.32 Å². The summed E-state index contributed by atoms with van der Waals surface area (Å²) in [5.41, 5.74) is 5.64. The van der Waals surface area contributed by atoms with Gasteiger partial charge in [0.05, 0.1) is 0 Å². The van der Waals surface area contributed by atoms with Gasteiger partial charge in [-0.2, -0.15) is 4.31 Å². The Kier molecular flexibility index (Phi) is 8.83. The summed E-state index contributed by atoms with van der Waals surface area (Å²) in [6.07, 6.45) is 1.99. The van der Waals surface area contributed by atoms with Gasteiger partial charge >= 0.3 is 0 Å². The van der Waals surface area contributed by atoms with Crippen LogP contribution in [-0.2, 0) is 21.2 Å². The maximum absolute atomic E-state index is 12.6. The predicted molar refractivity (Wildman–Crippen MR) is 104 cm³/mol. The van der Waals surface area contributed by atoms with E-state index in [9.17, 15) is 13.2 Å². The third-order valence-corrected chi connectivity index (χ3v) is 7.58. The number of carbonyl (C=O) groups excluding carboxylic acids is 1. The summed E-state index contributed by atoms with van der Waals surface area (Å²) in [4.78, 5) is 12.6. The van der Waals surface area contributed by atoms with Gasteiger partial charge in [0.1, 0.15) is 4.21 Å². The molecule has 0 spiro atoms. The first-order chi connectivity index (χ1) is 11.3. The highest BCUT2D eigenvalue weighted by Gasteiger charge is 2.32. The molecule has 1 aliphatic heterocycles. The zero-order valence-electron chi connectivity index (χ0n) is 14.7. The average molecular weight is 410 g/mol. The lowest BCUT2D eigenvalue weighted by Crippen LogP contribution is -2.29. The van der Waals surface area contributed by atoms with E-state index >= 15 is 0 Å². The van der Waals surface area contributed by atoms with Crippen LogP contribution in [0.1, 0.15) is 31.6 Å². The molecule has 0 radical (unpaired) electrons. The molecule has 6 nitrogen and oxygen atoms in total. The van der Waals surface area contributed by atoms with Gasteiger partial charge in [0.2, 0.25) is 5.91 Å². The van der Waals surface area contributed by atoms with Crippen LogP contribution in [0, 0.1) is 11.8 Å². The normalized spacial score (nSPS) is 18.3. The Balaban J connectivity index is 0.00000312. The molecule has 1 amide bonds. The minimum atomic E-state index is -3.41. The lowest BCUT2D eigenvalue weighted by molar-refractivity contribution is -0.121. The van der Waals surface area contributed by atoms with E-state index in [-0.39, 0.29) is 24.2 Å². The van der Waals surface area contributed by atoms with Gasteiger partial charge in [0, 0.05) is 30.9 Å². The number of nitrogens with two attached hydrogens (primary N) is 1. The van der Waals surface area contributed by atoms with Crippen molar-refractivity contribution in [1.29, 1.82) is 0 Å². The first kappa shape index (κ1) is 22.4. The highest BCUT2D eigenvalue weighted by Crippen LogP contribution is 2.28. The highest BCUT2D eigenvalue weighted by molar-refractivity contribution is 7.91. The predicted octanol–water partition coefficient (Wildman–Crippen LogP) is 1.84. The van der Waals surface area contributed by atoms with Crippen molar-refractivity contribution in [3.05, 3.63) is 17.0 Å². The second-order valence-electron chi connectivity index (χ2n) is 6.67. The maximum atomic E-state index is 12.6. The van der Waals surface area contributed by atoms with Crippen LogP contribution >= 0.6 is 23.7 Å². The second-order valence-corrected chi connectivity index (χ2v) is 10.0. The Hall–Kier alpha value is -0.670. The van der Waals surface area contributed by atoms with Gasteiger partial charge in [-0.15, -0.1) is 23.7 Å². The summed E-state index contributed by atoms with van der Waals surface area (Å²) in [5, 5.41) is 2.87. The Morgan fingerprint density at radius 1 is 1.44 bits per heavy atom. The van der Waals surface area contributed by atoms with Crippen molar-refractivity contribution in [2.45, 2.75) is 37.3 Å². The van der Waals surface area contributed by atoms with E-state index < -0.39 is 10.0 Å². The van der Waals surface area contributed by atoms with Crippen molar-refractivity contribution in [2.75, 3.05) is 26.2 Å². The number of nitrogens with one attached hydrogen (secondary N) is 1. The molecule has 1 saturated heterocycles. The van der Waals surface area contributed by atoms with Crippen molar-refractivity contribution < 1.29 is 13.2 Å². The molecule has 1 aromatic rings. The summed E-state index contributed by atoms with van der Waals surface area (Å²) >= 11 is 1.29. The van der Waals surface area contributed by atoms with E-state index in [0.29, 0.717) is 49.1 Å². The first-order valence-electron chi connectivity index (χ1n) is 8.38. The Labute approximate surface area is 160 Å². The molecule has 0 aliphatic carbocycles. The van der Waals surface area contributed by atoms with Crippen molar-refractivity contribution in [1.82, 2.24) is 9.62 Å². The van der Waals surface area contributed by atoms with Crippen LogP contribution in [0.15, 0.2) is 16.3 Å². The number of thiophene rings is 1. The number of amides is 1. The zero-order chi connectivity index (χ0) is 17.7. The summed E-state index contributed by atoms with van der Waals surface area (Å²) in [5.74, 6) is 0.635. The van der Waals surface area contributed by atoms with Crippen molar-refractivity contribution in [2.24, 2.45) is 17.6 Å². The molecule has 1 fully saturated rings. The second kappa shape index (κ2) is 9.87.